The van der Waals surface area contributed by atoms with Gasteiger partial charge in [0.25, 0.3) is 5.91 Å². The zero-order chi connectivity index (χ0) is 26.9. The van der Waals surface area contributed by atoms with Crippen molar-refractivity contribution in [3.8, 4) is 11.6 Å². The summed E-state index contributed by atoms with van der Waals surface area (Å²) >= 11 is 6.20. The molecule has 2 heterocycles. The predicted octanol–water partition coefficient (Wildman–Crippen LogP) is 5.30. The van der Waals surface area contributed by atoms with Crippen LogP contribution in [0.4, 0.5) is 22.0 Å². The lowest BCUT2D eigenvalue weighted by atomic mass is 10.1. The normalized spacial score (nSPS) is 17.8. The smallest absolute Gasteiger partial charge is 0.340 e. The predicted molar refractivity (Wildman–Crippen MR) is 120 cm³/mol. The van der Waals surface area contributed by atoms with Gasteiger partial charge in [-0.3, -0.25) is 4.79 Å². The zero-order valence-electron chi connectivity index (χ0n) is 19.2. The third-order valence-corrected chi connectivity index (χ3v) is 6.41. The Morgan fingerprint density at radius 1 is 1.19 bits per heavy atom. The third-order valence-electron chi connectivity index (χ3n) is 6.12. The summed E-state index contributed by atoms with van der Waals surface area (Å²) in [5.41, 5.74) is 0.557. The molecule has 1 N–H and O–H groups in total. The summed E-state index contributed by atoms with van der Waals surface area (Å²) in [4.78, 5) is 29.2. The third kappa shape index (κ3) is 6.06. The maximum absolute atomic E-state index is 14.8. The fraction of sp³-hybridized carbons (Fsp3) is 0.458. The molecule has 1 amide bonds. The quantitative estimate of drug-likeness (QED) is 0.405. The van der Waals surface area contributed by atoms with E-state index in [4.69, 9.17) is 21.1 Å². The summed E-state index contributed by atoms with van der Waals surface area (Å²) in [5.74, 6) is -7.49. The van der Waals surface area contributed by atoms with Gasteiger partial charge >= 0.3 is 18.3 Å². The van der Waals surface area contributed by atoms with Crippen LogP contribution in [0.3, 0.4) is 0 Å². The number of hydrogen-bond acceptors (Lipinski definition) is 5. The van der Waals surface area contributed by atoms with Crippen LogP contribution in [0.1, 0.15) is 53.1 Å². The van der Waals surface area contributed by atoms with Crippen LogP contribution in [0.25, 0.3) is 0 Å². The second-order valence-electron chi connectivity index (χ2n) is 8.91. The lowest BCUT2D eigenvalue weighted by Crippen LogP contribution is -2.40. The number of carboxylic acids is 1. The van der Waals surface area contributed by atoms with Gasteiger partial charge in [0.2, 0.25) is 5.88 Å². The van der Waals surface area contributed by atoms with Crippen molar-refractivity contribution in [3.05, 3.63) is 51.9 Å². The molecule has 1 aromatic heterocycles. The first-order valence-corrected chi connectivity index (χ1v) is 11.8. The topological polar surface area (TPSA) is 89.0 Å². The van der Waals surface area contributed by atoms with Crippen molar-refractivity contribution < 1.29 is 46.1 Å². The molecule has 1 aromatic carbocycles. The Balaban J connectivity index is 1.45. The van der Waals surface area contributed by atoms with Crippen LogP contribution in [-0.4, -0.2) is 58.4 Å². The highest BCUT2D eigenvalue weighted by Gasteiger charge is 2.42. The Morgan fingerprint density at radius 3 is 2.57 bits per heavy atom. The minimum atomic E-state index is -4.32. The average molecular weight is 549 g/mol. The molecule has 200 valence electrons. The number of carbonyl (C=O) groups is 2. The lowest BCUT2D eigenvalue weighted by molar-refractivity contribution is -0.148. The molecule has 7 nitrogen and oxygen atoms in total. The zero-order valence-corrected chi connectivity index (χ0v) is 20.0. The molecule has 1 saturated carbocycles. The number of carboxylic acid groups (broad SMARTS) is 1. The molecule has 37 heavy (non-hydrogen) atoms. The number of rotatable bonds is 10. The number of nitrogens with zero attached hydrogens (tertiary/aromatic N) is 2. The fourth-order valence-electron chi connectivity index (χ4n) is 4.01. The van der Waals surface area contributed by atoms with Crippen molar-refractivity contribution in [3.63, 3.8) is 0 Å². The van der Waals surface area contributed by atoms with Gasteiger partial charge in [0.1, 0.15) is 24.2 Å². The summed E-state index contributed by atoms with van der Waals surface area (Å²) in [6, 6.07) is 2.53. The Labute approximate surface area is 213 Å². The molecule has 0 unspecified atom stereocenters. The highest BCUT2D eigenvalue weighted by molar-refractivity contribution is 6.32. The molecule has 13 heteroatoms. The van der Waals surface area contributed by atoms with E-state index in [2.05, 4.69) is 4.98 Å². The monoisotopic (exact) mass is 548 g/mol. The molecule has 2 fully saturated rings. The van der Waals surface area contributed by atoms with Crippen LogP contribution >= 0.6 is 11.6 Å². The highest BCUT2D eigenvalue weighted by Crippen LogP contribution is 2.44. The minimum absolute atomic E-state index is 0.0193. The van der Waals surface area contributed by atoms with Crippen molar-refractivity contribution in [1.29, 1.82) is 0 Å². The van der Waals surface area contributed by atoms with Crippen molar-refractivity contribution in [2.75, 3.05) is 13.2 Å². The van der Waals surface area contributed by atoms with E-state index in [0.717, 1.165) is 29.9 Å². The molecular formula is C24H22ClF5N2O5. The van der Waals surface area contributed by atoms with Crippen molar-refractivity contribution in [2.24, 2.45) is 0 Å². The van der Waals surface area contributed by atoms with Gasteiger partial charge in [-0.15, -0.1) is 0 Å². The van der Waals surface area contributed by atoms with Crippen LogP contribution in [0, 0.1) is 5.82 Å². The maximum Gasteiger partial charge on any atom is 0.340 e. The maximum atomic E-state index is 14.8. The van der Waals surface area contributed by atoms with Crippen molar-refractivity contribution >= 4 is 23.5 Å². The summed E-state index contributed by atoms with van der Waals surface area (Å²) in [6.07, 6.45) is -0.365. The Morgan fingerprint density at radius 2 is 1.92 bits per heavy atom. The van der Waals surface area contributed by atoms with Gasteiger partial charge in [-0.1, -0.05) is 11.6 Å². The summed E-state index contributed by atoms with van der Waals surface area (Å²) < 4.78 is 76.6. The second-order valence-corrected chi connectivity index (χ2v) is 9.32. The molecule has 1 saturated heterocycles. The SMILES string of the molecule is O=C(O)[C@@H]1CCCN1C(=O)c1cc(Cl)c(OCc2cnc(OCC(F)(F)C(F)F)c(C3CC3)c2)cc1F. The number of hydrogen-bond donors (Lipinski definition) is 1. The molecular weight excluding hydrogens is 527 g/mol. The van der Waals surface area contributed by atoms with Gasteiger partial charge in [-0.2, -0.15) is 8.78 Å². The average Bonchev–Trinajstić information content (AvgIpc) is 3.57. The van der Waals surface area contributed by atoms with Crippen molar-refractivity contribution in [1.82, 2.24) is 9.88 Å². The number of halogens is 6. The second kappa shape index (κ2) is 10.7. The molecule has 0 radical (unpaired) electrons. The van der Waals surface area contributed by atoms with E-state index in [1.54, 1.807) is 6.07 Å². The van der Waals surface area contributed by atoms with E-state index < -0.39 is 42.7 Å². The molecule has 2 aromatic rings. The number of alkyl halides is 4. The number of amides is 1. The molecule has 1 aliphatic carbocycles. The summed E-state index contributed by atoms with van der Waals surface area (Å²) in [5, 5.41) is 9.19. The molecule has 1 aliphatic heterocycles. The largest absolute Gasteiger partial charge is 0.487 e. The Kier molecular flexibility index (Phi) is 7.77. The van der Waals surface area contributed by atoms with E-state index in [0.29, 0.717) is 17.5 Å². The van der Waals surface area contributed by atoms with Crippen LogP contribution in [0.15, 0.2) is 24.4 Å². The number of carbonyl (C=O) groups excluding carboxylic acids is 1. The van der Waals surface area contributed by atoms with Gasteiger partial charge < -0.3 is 19.5 Å². The number of aliphatic carboxylic acids is 1. The van der Waals surface area contributed by atoms with Gasteiger partial charge in [-0.25, -0.2) is 22.9 Å². The van der Waals surface area contributed by atoms with Crippen LogP contribution < -0.4 is 9.47 Å². The standard InChI is InChI=1S/C24H22ClF5N2O5/c25-16-7-15(21(33)32-5-1-2-18(32)22(34)35)17(26)8-19(16)36-10-12-6-14(13-3-4-13)20(31-9-12)37-11-24(29,30)23(27)28/h6-9,13,18,23H,1-5,10-11H2,(H,34,35)/t18-/m0/s1. The molecule has 0 spiro atoms. The number of aromatic nitrogens is 1. The van der Waals surface area contributed by atoms with Gasteiger partial charge in [-0.05, 0) is 43.7 Å². The first-order chi connectivity index (χ1) is 17.5. The molecule has 4 rings (SSSR count). The Bertz CT molecular complexity index is 1190. The van der Waals surface area contributed by atoms with Gasteiger partial charge in [0, 0.05) is 29.9 Å². The van der Waals surface area contributed by atoms with Crippen LogP contribution in [-0.2, 0) is 11.4 Å². The highest BCUT2D eigenvalue weighted by atomic mass is 35.5. The number of ether oxygens (including phenoxy) is 2. The lowest BCUT2D eigenvalue weighted by Gasteiger charge is -2.22. The van der Waals surface area contributed by atoms with E-state index in [1.807, 2.05) is 0 Å². The van der Waals surface area contributed by atoms with Crippen LogP contribution in [0.5, 0.6) is 11.6 Å². The molecule has 2 aliphatic rings. The molecule has 0 bridgehead atoms. The van der Waals surface area contributed by atoms with Crippen LogP contribution in [0.2, 0.25) is 5.02 Å². The van der Waals surface area contributed by atoms with E-state index in [9.17, 15) is 36.6 Å². The summed E-state index contributed by atoms with van der Waals surface area (Å²) in [6.45, 7) is -1.49. The number of likely N-dealkylation sites (tertiary alicyclic amines) is 1. The number of pyridine rings is 1. The minimum Gasteiger partial charge on any atom is -0.487 e. The molecule has 1 atom stereocenters. The first-order valence-electron chi connectivity index (χ1n) is 11.4. The van der Waals surface area contributed by atoms with Crippen molar-refractivity contribution in [2.45, 2.75) is 56.6 Å². The number of benzene rings is 1. The van der Waals surface area contributed by atoms with E-state index in [-0.39, 0.29) is 47.7 Å². The van der Waals surface area contributed by atoms with Gasteiger partial charge in [0.15, 0.2) is 6.61 Å². The van der Waals surface area contributed by atoms with Gasteiger partial charge in [0.05, 0.1) is 10.6 Å². The van der Waals surface area contributed by atoms with E-state index >= 15 is 0 Å². The summed E-state index contributed by atoms with van der Waals surface area (Å²) in [7, 11) is 0. The fourth-order valence-corrected chi connectivity index (χ4v) is 4.23. The Hall–Kier alpha value is -3.15. The van der Waals surface area contributed by atoms with E-state index in [1.165, 1.54) is 6.20 Å². The first kappa shape index (κ1) is 26.9.